The van der Waals surface area contributed by atoms with E-state index in [2.05, 4.69) is 48.9 Å². The van der Waals surface area contributed by atoms with Crippen molar-refractivity contribution in [3.05, 3.63) is 41.7 Å². The lowest BCUT2D eigenvalue weighted by molar-refractivity contribution is 0.0340. The summed E-state index contributed by atoms with van der Waals surface area (Å²) in [7, 11) is 0. The maximum Gasteiger partial charge on any atom is 0.0594 e. The molecule has 2 heterocycles. The van der Waals surface area contributed by atoms with E-state index in [-0.39, 0.29) is 5.41 Å². The lowest BCUT2D eigenvalue weighted by Crippen LogP contribution is -2.36. The van der Waals surface area contributed by atoms with Crippen molar-refractivity contribution < 1.29 is 4.74 Å². The highest BCUT2D eigenvalue weighted by molar-refractivity contribution is 5.86. The molecule has 21 heavy (non-hydrogen) atoms. The summed E-state index contributed by atoms with van der Waals surface area (Å²) in [6.07, 6.45) is 3.88. The van der Waals surface area contributed by atoms with E-state index in [9.17, 15) is 0 Å². The Morgan fingerprint density at radius 1 is 1.14 bits per heavy atom. The zero-order valence-electron chi connectivity index (χ0n) is 13.2. The van der Waals surface area contributed by atoms with Crippen molar-refractivity contribution in [1.82, 2.24) is 9.88 Å². The maximum atomic E-state index is 5.45. The van der Waals surface area contributed by atoms with Crippen LogP contribution in [-0.4, -0.2) is 36.2 Å². The minimum Gasteiger partial charge on any atom is -0.379 e. The van der Waals surface area contributed by atoms with Crippen molar-refractivity contribution >= 4 is 10.8 Å². The molecule has 112 valence electrons. The van der Waals surface area contributed by atoms with Gasteiger partial charge in [0.2, 0.25) is 0 Å². The molecule has 2 aromatic rings. The van der Waals surface area contributed by atoms with Gasteiger partial charge in [-0.15, -0.1) is 0 Å². The second-order valence-electron chi connectivity index (χ2n) is 6.84. The van der Waals surface area contributed by atoms with Crippen molar-refractivity contribution in [2.75, 3.05) is 26.3 Å². The Labute approximate surface area is 126 Å². The largest absolute Gasteiger partial charge is 0.379 e. The first-order chi connectivity index (χ1) is 10.1. The molecular weight excluding hydrogens is 260 g/mol. The van der Waals surface area contributed by atoms with Crippen molar-refractivity contribution in [3.63, 3.8) is 0 Å². The summed E-state index contributed by atoms with van der Waals surface area (Å²) in [4.78, 5) is 6.82. The summed E-state index contributed by atoms with van der Waals surface area (Å²) in [5, 5.41) is 2.57. The van der Waals surface area contributed by atoms with E-state index in [1.54, 1.807) is 0 Å². The first-order valence-electron chi connectivity index (χ1n) is 7.72. The minimum absolute atomic E-state index is 0.115. The van der Waals surface area contributed by atoms with Gasteiger partial charge in [-0.3, -0.25) is 9.88 Å². The van der Waals surface area contributed by atoms with Crippen molar-refractivity contribution in [1.29, 1.82) is 0 Å². The number of morpholine rings is 1. The summed E-state index contributed by atoms with van der Waals surface area (Å²) >= 11 is 0. The van der Waals surface area contributed by atoms with E-state index >= 15 is 0 Å². The summed E-state index contributed by atoms with van der Waals surface area (Å²) in [6, 6.07) is 6.61. The van der Waals surface area contributed by atoms with Gasteiger partial charge in [-0.2, -0.15) is 0 Å². The predicted octanol–water partition coefficient (Wildman–Crippen LogP) is 3.36. The molecule has 0 N–H and O–H groups in total. The molecule has 3 rings (SSSR count). The molecule has 0 bridgehead atoms. The Bertz CT molecular complexity index is 625. The van der Waals surface area contributed by atoms with E-state index in [1.165, 1.54) is 21.9 Å². The number of fused-ring (bicyclic) bond motifs is 1. The Kier molecular flexibility index (Phi) is 3.96. The first-order valence-corrected chi connectivity index (χ1v) is 7.72. The summed E-state index contributed by atoms with van der Waals surface area (Å²) in [6.45, 7) is 11.6. The molecule has 0 atom stereocenters. The van der Waals surface area contributed by atoms with Crippen LogP contribution >= 0.6 is 0 Å². The highest BCUT2D eigenvalue weighted by atomic mass is 16.5. The third-order valence-corrected chi connectivity index (χ3v) is 4.16. The summed E-state index contributed by atoms with van der Waals surface area (Å²) in [5.41, 5.74) is 2.97. The minimum atomic E-state index is 0.115. The van der Waals surface area contributed by atoms with Crippen LogP contribution in [0.3, 0.4) is 0 Å². The normalized spacial score (nSPS) is 17.3. The second-order valence-corrected chi connectivity index (χ2v) is 6.84. The Hall–Kier alpha value is -1.45. The molecule has 1 aromatic heterocycles. The fourth-order valence-electron chi connectivity index (χ4n) is 3.22. The highest BCUT2D eigenvalue weighted by Crippen LogP contribution is 2.33. The van der Waals surface area contributed by atoms with Crippen LogP contribution in [0.4, 0.5) is 0 Å². The molecule has 1 aromatic carbocycles. The van der Waals surface area contributed by atoms with Gasteiger partial charge in [0.15, 0.2) is 0 Å². The Morgan fingerprint density at radius 2 is 1.90 bits per heavy atom. The first kappa shape index (κ1) is 14.5. The molecule has 1 aliphatic heterocycles. The third kappa shape index (κ3) is 3.09. The zero-order chi connectivity index (χ0) is 14.9. The van der Waals surface area contributed by atoms with Crippen LogP contribution in [0, 0.1) is 0 Å². The SMILES string of the molecule is CC(C)(C)c1c(CN2CCOCC2)ccc2ccncc12. The number of ether oxygens (including phenoxy) is 1. The zero-order valence-corrected chi connectivity index (χ0v) is 13.2. The van der Waals surface area contributed by atoms with Crippen molar-refractivity contribution in [2.45, 2.75) is 32.7 Å². The van der Waals surface area contributed by atoms with Gasteiger partial charge in [0, 0.05) is 37.4 Å². The van der Waals surface area contributed by atoms with Crippen molar-refractivity contribution in [3.8, 4) is 0 Å². The smallest absolute Gasteiger partial charge is 0.0594 e. The second kappa shape index (κ2) is 5.74. The third-order valence-electron chi connectivity index (χ3n) is 4.16. The maximum absolute atomic E-state index is 5.45. The molecule has 0 saturated carbocycles. The van der Waals surface area contributed by atoms with E-state index in [0.717, 1.165) is 32.8 Å². The van der Waals surface area contributed by atoms with Gasteiger partial charge in [-0.05, 0) is 28.0 Å². The lowest BCUT2D eigenvalue weighted by Gasteiger charge is -2.30. The quantitative estimate of drug-likeness (QED) is 0.845. The number of benzene rings is 1. The molecule has 0 spiro atoms. The number of hydrogen-bond donors (Lipinski definition) is 0. The van der Waals surface area contributed by atoms with Crippen LogP contribution < -0.4 is 0 Å². The summed E-state index contributed by atoms with van der Waals surface area (Å²) < 4.78 is 5.45. The molecule has 1 fully saturated rings. The summed E-state index contributed by atoms with van der Waals surface area (Å²) in [5.74, 6) is 0. The molecule has 1 aliphatic rings. The number of aromatic nitrogens is 1. The molecule has 0 unspecified atom stereocenters. The standard InChI is InChI=1S/C18H24N2O/c1-18(2,3)17-15(13-20-8-10-21-11-9-20)5-4-14-6-7-19-12-16(14)17/h4-7,12H,8-11,13H2,1-3H3. The molecule has 1 saturated heterocycles. The fourth-order valence-corrected chi connectivity index (χ4v) is 3.22. The van der Waals surface area contributed by atoms with Crippen LogP contribution in [0.1, 0.15) is 31.9 Å². The monoisotopic (exact) mass is 284 g/mol. The average Bonchev–Trinajstić information content (AvgIpc) is 2.47. The van der Waals surface area contributed by atoms with Gasteiger partial charge in [0.25, 0.3) is 0 Å². The predicted molar refractivity (Wildman–Crippen MR) is 86.5 cm³/mol. The van der Waals surface area contributed by atoms with Crippen LogP contribution in [0.5, 0.6) is 0 Å². The van der Waals surface area contributed by atoms with E-state index in [1.807, 2.05) is 12.4 Å². The average molecular weight is 284 g/mol. The topological polar surface area (TPSA) is 25.4 Å². The van der Waals surface area contributed by atoms with Gasteiger partial charge in [-0.25, -0.2) is 0 Å². The van der Waals surface area contributed by atoms with Crippen LogP contribution in [0.25, 0.3) is 10.8 Å². The van der Waals surface area contributed by atoms with Gasteiger partial charge in [0.1, 0.15) is 0 Å². The van der Waals surface area contributed by atoms with Gasteiger partial charge < -0.3 is 4.74 Å². The number of hydrogen-bond acceptors (Lipinski definition) is 3. The van der Waals surface area contributed by atoms with Crippen LogP contribution in [0.15, 0.2) is 30.6 Å². The van der Waals surface area contributed by atoms with Crippen LogP contribution in [0.2, 0.25) is 0 Å². The van der Waals surface area contributed by atoms with Crippen LogP contribution in [-0.2, 0) is 16.7 Å². The molecule has 0 radical (unpaired) electrons. The number of nitrogens with zero attached hydrogens (tertiary/aromatic N) is 2. The van der Waals surface area contributed by atoms with Gasteiger partial charge in [0.05, 0.1) is 13.2 Å². The highest BCUT2D eigenvalue weighted by Gasteiger charge is 2.22. The van der Waals surface area contributed by atoms with Gasteiger partial charge in [-0.1, -0.05) is 32.9 Å². The van der Waals surface area contributed by atoms with E-state index < -0.39 is 0 Å². The lowest BCUT2D eigenvalue weighted by atomic mass is 9.81. The molecule has 3 nitrogen and oxygen atoms in total. The Morgan fingerprint density at radius 3 is 2.62 bits per heavy atom. The Balaban J connectivity index is 2.04. The molecule has 3 heteroatoms. The van der Waals surface area contributed by atoms with Crippen molar-refractivity contribution in [2.24, 2.45) is 0 Å². The molecule has 0 amide bonds. The molecular formula is C18H24N2O. The van der Waals surface area contributed by atoms with E-state index in [0.29, 0.717) is 0 Å². The van der Waals surface area contributed by atoms with E-state index in [4.69, 9.17) is 4.74 Å². The fraction of sp³-hybridized carbons (Fsp3) is 0.500. The number of rotatable bonds is 2. The molecule has 0 aliphatic carbocycles. The van der Waals surface area contributed by atoms with Gasteiger partial charge >= 0.3 is 0 Å². The number of pyridine rings is 1.